The topological polar surface area (TPSA) is 81.2 Å². The van der Waals surface area contributed by atoms with Crippen molar-refractivity contribution in [3.63, 3.8) is 0 Å². The third-order valence-corrected chi connectivity index (χ3v) is 3.03. The Morgan fingerprint density at radius 3 is 2.50 bits per heavy atom. The van der Waals surface area contributed by atoms with Gasteiger partial charge < -0.3 is 10.1 Å². The summed E-state index contributed by atoms with van der Waals surface area (Å²) in [7, 11) is 1.25. The molecule has 0 aliphatic heterocycles. The van der Waals surface area contributed by atoms with Crippen molar-refractivity contribution in [3.05, 3.63) is 51.6 Å². The smallest absolute Gasteiger partial charge is 0.358 e. The van der Waals surface area contributed by atoms with Crippen molar-refractivity contribution in [1.82, 2.24) is 9.97 Å². The normalized spacial score (nSPS) is 9.90. The molecule has 0 saturated heterocycles. The van der Waals surface area contributed by atoms with Crippen LogP contribution in [0.2, 0.25) is 0 Å². The predicted molar refractivity (Wildman–Crippen MR) is 80.5 cm³/mol. The average molecular weight is 383 g/mol. The van der Waals surface area contributed by atoms with Gasteiger partial charge in [0.2, 0.25) is 0 Å². The summed E-state index contributed by atoms with van der Waals surface area (Å²) in [6, 6.07) is 7.36. The molecule has 0 spiro atoms. The first-order chi connectivity index (χ1) is 9.60. The molecule has 102 valence electrons. The number of esters is 1. The molecule has 0 fully saturated rings. The fourth-order valence-corrected chi connectivity index (χ4v) is 1.96. The number of nitrogens with one attached hydrogen (secondary N) is 1. The number of hydrogen-bond acceptors (Lipinski definition) is 5. The van der Waals surface area contributed by atoms with Crippen LogP contribution in [0, 0.1) is 3.57 Å². The summed E-state index contributed by atoms with van der Waals surface area (Å²) in [4.78, 5) is 30.9. The Bertz CT molecular complexity index is 644. The molecule has 6 nitrogen and oxygen atoms in total. The van der Waals surface area contributed by atoms with Crippen molar-refractivity contribution in [2.45, 2.75) is 0 Å². The minimum atomic E-state index is -0.595. The molecule has 0 aliphatic rings. The first-order valence-electron chi connectivity index (χ1n) is 5.57. The Labute approximate surface area is 128 Å². The molecule has 0 unspecified atom stereocenters. The van der Waals surface area contributed by atoms with Crippen LogP contribution in [-0.2, 0) is 4.74 Å². The highest BCUT2D eigenvalue weighted by molar-refractivity contribution is 14.1. The summed E-state index contributed by atoms with van der Waals surface area (Å²) in [5, 5.41) is 2.70. The maximum Gasteiger partial charge on any atom is 0.358 e. The Hall–Kier alpha value is -2.03. The number of benzene rings is 1. The van der Waals surface area contributed by atoms with Crippen LogP contribution in [0.25, 0.3) is 0 Å². The molecule has 0 saturated carbocycles. The molecule has 20 heavy (non-hydrogen) atoms. The monoisotopic (exact) mass is 383 g/mol. The summed E-state index contributed by atoms with van der Waals surface area (Å²) >= 11 is 2.15. The lowest BCUT2D eigenvalue weighted by molar-refractivity contribution is 0.0593. The first-order valence-corrected chi connectivity index (χ1v) is 6.65. The van der Waals surface area contributed by atoms with Gasteiger partial charge in [0, 0.05) is 9.26 Å². The van der Waals surface area contributed by atoms with Gasteiger partial charge in [0.05, 0.1) is 19.5 Å². The Morgan fingerprint density at radius 2 is 1.90 bits per heavy atom. The molecule has 7 heteroatoms. The highest BCUT2D eigenvalue weighted by Crippen LogP contribution is 2.13. The van der Waals surface area contributed by atoms with Crippen LogP contribution in [0.15, 0.2) is 36.7 Å². The predicted octanol–water partition coefficient (Wildman–Crippen LogP) is 2.12. The van der Waals surface area contributed by atoms with E-state index in [1.165, 1.54) is 19.5 Å². The standard InChI is InChI=1S/C13H10IN3O3/c1-20-13(19)11-7-15-10(6-16-11)12(18)17-9-4-2-3-8(14)5-9/h2-7H,1H3,(H,17,18). The van der Waals surface area contributed by atoms with Gasteiger partial charge in [-0.25, -0.2) is 14.8 Å². The van der Waals surface area contributed by atoms with Crippen molar-refractivity contribution in [2.75, 3.05) is 12.4 Å². The third-order valence-electron chi connectivity index (χ3n) is 2.36. The highest BCUT2D eigenvalue weighted by atomic mass is 127. The summed E-state index contributed by atoms with van der Waals surface area (Å²) in [5.41, 5.74) is 0.843. The number of ether oxygens (including phenoxy) is 1. The average Bonchev–Trinajstić information content (AvgIpc) is 2.46. The Balaban J connectivity index is 2.11. The van der Waals surface area contributed by atoms with E-state index in [1.807, 2.05) is 18.2 Å². The number of hydrogen-bond donors (Lipinski definition) is 1. The van der Waals surface area contributed by atoms with E-state index in [4.69, 9.17) is 0 Å². The van der Waals surface area contributed by atoms with Crippen LogP contribution in [-0.4, -0.2) is 29.0 Å². The lowest BCUT2D eigenvalue weighted by atomic mass is 10.3. The highest BCUT2D eigenvalue weighted by Gasteiger charge is 2.12. The minimum Gasteiger partial charge on any atom is -0.464 e. The fourth-order valence-electron chi connectivity index (χ4n) is 1.42. The lowest BCUT2D eigenvalue weighted by Gasteiger charge is -2.05. The van der Waals surface area contributed by atoms with Gasteiger partial charge in [0.25, 0.3) is 5.91 Å². The van der Waals surface area contributed by atoms with Crippen molar-refractivity contribution in [3.8, 4) is 0 Å². The lowest BCUT2D eigenvalue weighted by Crippen LogP contribution is -2.15. The number of rotatable bonds is 3. The van der Waals surface area contributed by atoms with Gasteiger partial charge in [-0.15, -0.1) is 0 Å². The van der Waals surface area contributed by atoms with E-state index < -0.39 is 11.9 Å². The Kier molecular flexibility index (Phi) is 4.61. The number of carbonyl (C=O) groups excluding carboxylic acids is 2. The van der Waals surface area contributed by atoms with E-state index in [9.17, 15) is 9.59 Å². The van der Waals surface area contributed by atoms with Gasteiger partial charge in [-0.3, -0.25) is 4.79 Å². The van der Waals surface area contributed by atoms with E-state index in [1.54, 1.807) is 6.07 Å². The fraction of sp³-hybridized carbons (Fsp3) is 0.0769. The number of amides is 1. The maximum absolute atomic E-state index is 11.9. The molecule has 0 radical (unpaired) electrons. The van der Waals surface area contributed by atoms with Gasteiger partial charge in [-0.1, -0.05) is 6.07 Å². The summed E-state index contributed by atoms with van der Waals surface area (Å²) in [5.74, 6) is -0.988. The van der Waals surface area contributed by atoms with Gasteiger partial charge in [-0.2, -0.15) is 0 Å². The number of halogens is 1. The molecule has 0 bridgehead atoms. The van der Waals surface area contributed by atoms with Gasteiger partial charge in [-0.05, 0) is 40.8 Å². The van der Waals surface area contributed by atoms with Crippen LogP contribution in [0.3, 0.4) is 0 Å². The van der Waals surface area contributed by atoms with Gasteiger partial charge >= 0.3 is 5.97 Å². The molecular weight excluding hydrogens is 373 g/mol. The van der Waals surface area contributed by atoms with Crippen molar-refractivity contribution < 1.29 is 14.3 Å². The van der Waals surface area contributed by atoms with E-state index >= 15 is 0 Å². The maximum atomic E-state index is 11.9. The summed E-state index contributed by atoms with van der Waals surface area (Å²) in [6.45, 7) is 0. The molecule has 1 heterocycles. The Morgan fingerprint density at radius 1 is 1.20 bits per heavy atom. The molecule has 2 rings (SSSR count). The molecule has 0 atom stereocenters. The van der Waals surface area contributed by atoms with E-state index in [0.717, 1.165) is 3.57 Å². The van der Waals surface area contributed by atoms with E-state index in [-0.39, 0.29) is 11.4 Å². The molecular formula is C13H10IN3O3. The van der Waals surface area contributed by atoms with Gasteiger partial charge in [0.15, 0.2) is 5.69 Å². The first kappa shape index (κ1) is 14.4. The second kappa shape index (κ2) is 6.42. The van der Waals surface area contributed by atoms with E-state index in [0.29, 0.717) is 5.69 Å². The number of methoxy groups -OCH3 is 1. The zero-order chi connectivity index (χ0) is 14.5. The number of anilines is 1. The molecule has 1 N–H and O–H groups in total. The summed E-state index contributed by atoms with van der Waals surface area (Å²) in [6.07, 6.45) is 2.44. The van der Waals surface area contributed by atoms with Gasteiger partial charge in [0.1, 0.15) is 5.69 Å². The molecule has 1 aromatic carbocycles. The molecule has 1 amide bonds. The molecule has 0 aliphatic carbocycles. The van der Waals surface area contributed by atoms with Crippen LogP contribution in [0.4, 0.5) is 5.69 Å². The largest absolute Gasteiger partial charge is 0.464 e. The second-order valence-corrected chi connectivity index (χ2v) is 4.99. The van der Waals surface area contributed by atoms with Crippen LogP contribution >= 0.6 is 22.6 Å². The zero-order valence-electron chi connectivity index (χ0n) is 10.5. The number of aromatic nitrogens is 2. The zero-order valence-corrected chi connectivity index (χ0v) is 12.6. The second-order valence-electron chi connectivity index (χ2n) is 3.74. The number of nitrogens with zero attached hydrogens (tertiary/aromatic N) is 2. The number of carbonyl (C=O) groups is 2. The molecule has 2 aromatic rings. The van der Waals surface area contributed by atoms with E-state index in [2.05, 4.69) is 42.6 Å². The third kappa shape index (κ3) is 3.50. The van der Waals surface area contributed by atoms with Crippen molar-refractivity contribution in [1.29, 1.82) is 0 Å². The molecule has 1 aromatic heterocycles. The van der Waals surface area contributed by atoms with Crippen molar-refractivity contribution in [2.24, 2.45) is 0 Å². The van der Waals surface area contributed by atoms with Crippen LogP contribution < -0.4 is 5.32 Å². The summed E-state index contributed by atoms with van der Waals surface area (Å²) < 4.78 is 5.51. The SMILES string of the molecule is COC(=O)c1cnc(C(=O)Nc2cccc(I)c2)cn1. The minimum absolute atomic E-state index is 0.0540. The quantitative estimate of drug-likeness (QED) is 0.649. The van der Waals surface area contributed by atoms with Crippen LogP contribution in [0.5, 0.6) is 0 Å². The van der Waals surface area contributed by atoms with Crippen molar-refractivity contribution >= 4 is 40.2 Å². The van der Waals surface area contributed by atoms with Crippen LogP contribution in [0.1, 0.15) is 21.0 Å².